The number of morpholine rings is 1. The van der Waals surface area contributed by atoms with E-state index in [1.165, 1.54) is 4.31 Å². The minimum Gasteiger partial charge on any atom is -0.461 e. The number of halogens is 1. The fourth-order valence-corrected chi connectivity index (χ4v) is 4.49. The van der Waals surface area contributed by atoms with Crippen LogP contribution in [-0.2, 0) is 37.3 Å². The van der Waals surface area contributed by atoms with Gasteiger partial charge in [-0.25, -0.2) is 8.42 Å². The lowest BCUT2D eigenvalue weighted by Gasteiger charge is -2.26. The van der Waals surface area contributed by atoms with Crippen LogP contribution in [-0.4, -0.2) is 45.0 Å². The lowest BCUT2D eigenvalue weighted by atomic mass is 10.1. The van der Waals surface area contributed by atoms with Gasteiger partial charge in [0.2, 0.25) is 10.0 Å². The van der Waals surface area contributed by atoms with Crippen molar-refractivity contribution < 1.29 is 22.7 Å². The summed E-state index contributed by atoms with van der Waals surface area (Å²) in [6.45, 7) is 1.73. The van der Waals surface area contributed by atoms with E-state index in [4.69, 9.17) is 21.1 Å². The van der Waals surface area contributed by atoms with Gasteiger partial charge in [0.1, 0.15) is 6.61 Å². The van der Waals surface area contributed by atoms with Crippen LogP contribution in [0.1, 0.15) is 17.5 Å². The molecule has 6 nitrogen and oxygen atoms in total. The Morgan fingerprint density at radius 3 is 2.46 bits per heavy atom. The summed E-state index contributed by atoms with van der Waals surface area (Å²) in [6.07, 6.45) is 0.697. The number of carbonyl (C=O) groups excluding carboxylic acids is 1. The van der Waals surface area contributed by atoms with Gasteiger partial charge in [0.05, 0.1) is 18.1 Å². The number of carbonyl (C=O) groups is 1. The summed E-state index contributed by atoms with van der Waals surface area (Å²) >= 11 is 5.90. The Hall–Kier alpha value is -1.93. The van der Waals surface area contributed by atoms with E-state index in [-0.39, 0.29) is 23.9 Å². The Kier molecular flexibility index (Phi) is 7.07. The number of rotatable bonds is 7. The molecule has 0 aromatic heterocycles. The number of ether oxygens (including phenoxy) is 2. The zero-order chi connectivity index (χ0) is 20.0. The Morgan fingerprint density at radius 1 is 1.07 bits per heavy atom. The molecule has 1 saturated heterocycles. The van der Waals surface area contributed by atoms with Crippen molar-refractivity contribution in [1.29, 1.82) is 0 Å². The highest BCUT2D eigenvalue weighted by molar-refractivity contribution is 7.89. The molecule has 1 aliphatic heterocycles. The summed E-state index contributed by atoms with van der Waals surface area (Å²) in [5.41, 5.74) is 1.71. The molecule has 1 heterocycles. The van der Waals surface area contributed by atoms with Crippen molar-refractivity contribution >= 4 is 27.6 Å². The second kappa shape index (κ2) is 9.52. The van der Waals surface area contributed by atoms with Crippen LogP contribution in [0.5, 0.6) is 0 Å². The predicted molar refractivity (Wildman–Crippen MR) is 106 cm³/mol. The number of nitrogens with zero attached hydrogens (tertiary/aromatic N) is 1. The van der Waals surface area contributed by atoms with Crippen LogP contribution in [0.4, 0.5) is 0 Å². The smallest absolute Gasteiger partial charge is 0.306 e. The summed E-state index contributed by atoms with van der Waals surface area (Å²) < 4.78 is 37.1. The van der Waals surface area contributed by atoms with E-state index in [9.17, 15) is 13.2 Å². The normalized spacial score (nSPS) is 15.3. The maximum atomic E-state index is 12.6. The van der Waals surface area contributed by atoms with Gasteiger partial charge in [0, 0.05) is 24.5 Å². The molecule has 0 saturated carbocycles. The van der Waals surface area contributed by atoms with E-state index in [0.717, 1.165) is 11.1 Å². The van der Waals surface area contributed by atoms with Crippen LogP contribution in [0.2, 0.25) is 5.02 Å². The quantitative estimate of drug-likeness (QED) is 0.640. The summed E-state index contributed by atoms with van der Waals surface area (Å²) in [5.74, 6) is -0.315. The molecule has 8 heteroatoms. The number of aryl methyl sites for hydroxylation is 1. The van der Waals surface area contributed by atoms with E-state index >= 15 is 0 Å². The summed E-state index contributed by atoms with van der Waals surface area (Å²) in [7, 11) is -3.50. The molecule has 0 atom stereocenters. The minimum atomic E-state index is -3.50. The van der Waals surface area contributed by atoms with Gasteiger partial charge in [-0.1, -0.05) is 35.9 Å². The van der Waals surface area contributed by atoms with E-state index in [0.29, 0.717) is 37.7 Å². The van der Waals surface area contributed by atoms with Crippen molar-refractivity contribution in [2.75, 3.05) is 26.3 Å². The van der Waals surface area contributed by atoms with Crippen molar-refractivity contribution in [1.82, 2.24) is 4.31 Å². The SMILES string of the molecule is O=C(CCc1ccc(S(=O)(=O)N2CCOCC2)cc1)OCc1cccc(Cl)c1. The molecule has 0 N–H and O–H groups in total. The van der Waals surface area contributed by atoms with Crippen molar-refractivity contribution in [2.24, 2.45) is 0 Å². The molecule has 0 unspecified atom stereocenters. The first-order valence-electron chi connectivity index (χ1n) is 9.02. The molecule has 2 aromatic rings. The van der Waals surface area contributed by atoms with E-state index in [1.54, 1.807) is 42.5 Å². The third kappa shape index (κ3) is 5.54. The van der Waals surface area contributed by atoms with Gasteiger partial charge >= 0.3 is 5.97 Å². The van der Waals surface area contributed by atoms with Crippen LogP contribution in [0.3, 0.4) is 0 Å². The number of esters is 1. The first-order chi connectivity index (χ1) is 13.4. The monoisotopic (exact) mass is 423 g/mol. The topological polar surface area (TPSA) is 72.9 Å². The van der Waals surface area contributed by atoms with Crippen LogP contribution >= 0.6 is 11.6 Å². The molecule has 0 aliphatic carbocycles. The maximum absolute atomic E-state index is 12.6. The molecule has 28 heavy (non-hydrogen) atoms. The molecule has 150 valence electrons. The Morgan fingerprint density at radius 2 is 1.79 bits per heavy atom. The second-order valence-corrected chi connectivity index (χ2v) is 8.83. The van der Waals surface area contributed by atoms with Gasteiger partial charge in [-0.15, -0.1) is 0 Å². The number of benzene rings is 2. The molecule has 0 radical (unpaired) electrons. The van der Waals surface area contributed by atoms with E-state index in [1.807, 2.05) is 6.07 Å². The van der Waals surface area contributed by atoms with E-state index in [2.05, 4.69) is 0 Å². The van der Waals surface area contributed by atoms with Crippen molar-refractivity contribution in [3.8, 4) is 0 Å². The van der Waals surface area contributed by atoms with Gasteiger partial charge < -0.3 is 9.47 Å². The van der Waals surface area contributed by atoms with Crippen molar-refractivity contribution in [3.05, 3.63) is 64.7 Å². The summed E-state index contributed by atoms with van der Waals surface area (Å²) in [5, 5.41) is 0.598. The van der Waals surface area contributed by atoms with E-state index < -0.39 is 10.0 Å². The molecule has 0 amide bonds. The van der Waals surface area contributed by atoms with Gasteiger partial charge in [-0.2, -0.15) is 4.31 Å². The average Bonchev–Trinajstić information content (AvgIpc) is 2.72. The largest absolute Gasteiger partial charge is 0.461 e. The molecule has 0 bridgehead atoms. The highest BCUT2D eigenvalue weighted by atomic mass is 35.5. The highest BCUT2D eigenvalue weighted by Gasteiger charge is 2.26. The molecular formula is C20H22ClNO5S. The van der Waals surface area contributed by atoms with Gasteiger partial charge in [-0.05, 0) is 41.8 Å². The third-order valence-electron chi connectivity index (χ3n) is 4.44. The Labute approximate surface area is 170 Å². The Balaban J connectivity index is 1.50. The molecule has 1 aliphatic rings. The molecular weight excluding hydrogens is 402 g/mol. The van der Waals surface area contributed by atoms with Gasteiger partial charge in [0.25, 0.3) is 0 Å². The summed E-state index contributed by atoms with van der Waals surface area (Å²) in [4.78, 5) is 12.2. The fraction of sp³-hybridized carbons (Fsp3) is 0.350. The third-order valence-corrected chi connectivity index (χ3v) is 6.59. The zero-order valence-corrected chi connectivity index (χ0v) is 16.9. The first kappa shape index (κ1) is 20.8. The predicted octanol–water partition coefficient (Wildman–Crippen LogP) is 3.04. The van der Waals surface area contributed by atoms with Crippen LogP contribution in [0, 0.1) is 0 Å². The lowest BCUT2D eigenvalue weighted by Crippen LogP contribution is -2.40. The van der Waals surface area contributed by atoms with Gasteiger partial charge in [-0.3, -0.25) is 4.79 Å². The average molecular weight is 424 g/mol. The molecule has 3 rings (SSSR count). The molecule has 2 aromatic carbocycles. The summed E-state index contributed by atoms with van der Waals surface area (Å²) in [6, 6.07) is 13.8. The van der Waals surface area contributed by atoms with Crippen LogP contribution in [0.25, 0.3) is 0 Å². The molecule has 0 spiro atoms. The number of hydrogen-bond acceptors (Lipinski definition) is 5. The highest BCUT2D eigenvalue weighted by Crippen LogP contribution is 2.18. The van der Waals surface area contributed by atoms with Gasteiger partial charge in [0.15, 0.2) is 0 Å². The number of sulfonamides is 1. The van der Waals surface area contributed by atoms with Crippen molar-refractivity contribution in [2.45, 2.75) is 24.3 Å². The lowest BCUT2D eigenvalue weighted by molar-refractivity contribution is -0.144. The van der Waals surface area contributed by atoms with Crippen LogP contribution < -0.4 is 0 Å². The Bertz CT molecular complexity index is 908. The first-order valence-corrected chi connectivity index (χ1v) is 10.8. The second-order valence-electron chi connectivity index (χ2n) is 6.45. The standard InChI is InChI=1S/C20H22ClNO5S/c21-18-3-1-2-17(14-18)15-27-20(23)9-6-16-4-7-19(8-5-16)28(24,25)22-10-12-26-13-11-22/h1-5,7-8,14H,6,9-13,15H2. The van der Waals surface area contributed by atoms with Crippen molar-refractivity contribution in [3.63, 3.8) is 0 Å². The zero-order valence-electron chi connectivity index (χ0n) is 15.3. The maximum Gasteiger partial charge on any atom is 0.306 e. The fourth-order valence-electron chi connectivity index (χ4n) is 2.87. The van der Waals surface area contributed by atoms with Crippen LogP contribution in [0.15, 0.2) is 53.4 Å². The number of hydrogen-bond donors (Lipinski definition) is 0. The molecule has 1 fully saturated rings. The minimum absolute atomic E-state index is 0.177.